The number of hydrogen-bond donors (Lipinski definition) is 2. The molecule has 0 aliphatic rings. The molecule has 0 heterocycles. The van der Waals surface area contributed by atoms with Gasteiger partial charge < -0.3 is 15.4 Å². The normalized spacial score (nSPS) is 10.6. The zero-order valence-corrected chi connectivity index (χ0v) is 19.1. The van der Waals surface area contributed by atoms with Gasteiger partial charge in [-0.3, -0.25) is 9.59 Å². The van der Waals surface area contributed by atoms with Crippen molar-refractivity contribution in [1.82, 2.24) is 0 Å². The summed E-state index contributed by atoms with van der Waals surface area (Å²) in [5.74, 6) is 0.753. The van der Waals surface area contributed by atoms with Gasteiger partial charge in [0.25, 0.3) is 5.91 Å². The van der Waals surface area contributed by atoms with Crippen molar-refractivity contribution >= 4 is 39.1 Å². The third-order valence-corrected chi connectivity index (χ3v) is 5.00. The highest BCUT2D eigenvalue weighted by Gasteiger charge is 2.11. The molecule has 0 saturated carbocycles. The second kappa shape index (κ2) is 10.8. The van der Waals surface area contributed by atoms with E-state index in [-0.39, 0.29) is 18.2 Å². The minimum atomic E-state index is -0.246. The number of halogens is 1. The van der Waals surface area contributed by atoms with E-state index in [2.05, 4.69) is 40.4 Å². The van der Waals surface area contributed by atoms with E-state index in [0.717, 1.165) is 10.0 Å². The van der Waals surface area contributed by atoms with Crippen LogP contribution in [0.4, 0.5) is 11.4 Å². The largest absolute Gasteiger partial charge is 0.492 e. The summed E-state index contributed by atoms with van der Waals surface area (Å²) in [4.78, 5) is 24.9. The number of anilines is 2. The fraction of sp³-hybridized carbons (Fsp3) is 0.200. The van der Waals surface area contributed by atoms with Crippen LogP contribution < -0.4 is 15.4 Å². The molecule has 3 aromatic carbocycles. The van der Waals surface area contributed by atoms with Crippen LogP contribution in [0.3, 0.4) is 0 Å². The van der Waals surface area contributed by atoms with Gasteiger partial charge in [-0.1, -0.05) is 50.2 Å². The molecular weight excluding hydrogens is 456 g/mol. The number of amides is 2. The van der Waals surface area contributed by atoms with Gasteiger partial charge in [0.15, 0.2) is 0 Å². The molecule has 2 N–H and O–H groups in total. The van der Waals surface area contributed by atoms with Crippen LogP contribution in [0.1, 0.15) is 29.8 Å². The highest BCUT2D eigenvalue weighted by Crippen LogP contribution is 2.27. The quantitative estimate of drug-likeness (QED) is 0.420. The van der Waals surface area contributed by atoms with Crippen molar-refractivity contribution in [3.63, 3.8) is 0 Å². The van der Waals surface area contributed by atoms with Gasteiger partial charge >= 0.3 is 0 Å². The summed E-state index contributed by atoms with van der Waals surface area (Å²) in [5.41, 5.74) is 2.66. The SMILES string of the molecule is CC(C)COc1ccc(C(=O)Nc2cccc(NC(=O)Cc3ccccc3)c2)cc1Br. The summed E-state index contributed by atoms with van der Waals surface area (Å²) in [5, 5.41) is 5.74. The molecule has 160 valence electrons. The molecule has 0 fully saturated rings. The van der Waals surface area contributed by atoms with Gasteiger partial charge in [-0.15, -0.1) is 0 Å². The summed E-state index contributed by atoms with van der Waals surface area (Å²) in [6.07, 6.45) is 0.288. The van der Waals surface area contributed by atoms with Crippen molar-refractivity contribution in [2.24, 2.45) is 5.92 Å². The van der Waals surface area contributed by atoms with Crippen LogP contribution >= 0.6 is 15.9 Å². The summed E-state index contributed by atoms with van der Waals surface area (Å²) in [6, 6.07) is 21.9. The van der Waals surface area contributed by atoms with Crippen LogP contribution in [0.15, 0.2) is 77.3 Å². The van der Waals surface area contributed by atoms with Crippen LogP contribution in [0.25, 0.3) is 0 Å². The predicted octanol–water partition coefficient (Wildman–Crippen LogP) is 5.92. The minimum absolute atomic E-state index is 0.115. The van der Waals surface area contributed by atoms with E-state index in [1.54, 1.807) is 42.5 Å². The van der Waals surface area contributed by atoms with E-state index in [9.17, 15) is 9.59 Å². The van der Waals surface area contributed by atoms with Crippen molar-refractivity contribution in [2.45, 2.75) is 20.3 Å². The maximum atomic E-state index is 12.7. The first-order chi connectivity index (χ1) is 14.9. The fourth-order valence-electron chi connectivity index (χ4n) is 2.88. The average Bonchev–Trinajstić information content (AvgIpc) is 2.73. The lowest BCUT2D eigenvalue weighted by Crippen LogP contribution is -2.15. The molecule has 0 aromatic heterocycles. The van der Waals surface area contributed by atoms with Crippen LogP contribution in [0, 0.1) is 5.92 Å². The standard InChI is InChI=1S/C25H25BrN2O3/c1-17(2)16-31-23-12-11-19(14-22(23)26)25(30)28-21-10-6-9-20(15-21)27-24(29)13-18-7-4-3-5-8-18/h3-12,14-15,17H,13,16H2,1-2H3,(H,27,29)(H,28,30). The van der Waals surface area contributed by atoms with Gasteiger partial charge in [0.2, 0.25) is 5.91 Å². The smallest absolute Gasteiger partial charge is 0.255 e. The molecule has 2 amide bonds. The molecule has 0 atom stereocenters. The Morgan fingerprint density at radius 2 is 1.61 bits per heavy atom. The molecule has 3 aromatic rings. The number of ether oxygens (including phenoxy) is 1. The number of nitrogens with one attached hydrogen (secondary N) is 2. The zero-order valence-electron chi connectivity index (χ0n) is 17.5. The monoisotopic (exact) mass is 480 g/mol. The third-order valence-electron chi connectivity index (χ3n) is 4.38. The van der Waals surface area contributed by atoms with Crippen LogP contribution in [0.5, 0.6) is 5.75 Å². The number of carbonyl (C=O) groups excluding carboxylic acids is 2. The van der Waals surface area contributed by atoms with E-state index >= 15 is 0 Å². The minimum Gasteiger partial charge on any atom is -0.492 e. The van der Waals surface area contributed by atoms with E-state index in [0.29, 0.717) is 35.2 Å². The van der Waals surface area contributed by atoms with Crippen molar-refractivity contribution in [3.05, 3.63) is 88.4 Å². The molecule has 0 aliphatic heterocycles. The second-order valence-electron chi connectivity index (χ2n) is 7.60. The average molecular weight is 481 g/mol. The Morgan fingerprint density at radius 3 is 2.29 bits per heavy atom. The first-order valence-corrected chi connectivity index (χ1v) is 10.9. The lowest BCUT2D eigenvalue weighted by molar-refractivity contribution is -0.115. The second-order valence-corrected chi connectivity index (χ2v) is 8.45. The van der Waals surface area contributed by atoms with Crippen LogP contribution in [0.2, 0.25) is 0 Å². The van der Waals surface area contributed by atoms with Crippen molar-refractivity contribution < 1.29 is 14.3 Å². The summed E-state index contributed by atoms with van der Waals surface area (Å²) >= 11 is 3.46. The Balaban J connectivity index is 1.61. The van der Waals surface area contributed by atoms with E-state index < -0.39 is 0 Å². The molecule has 0 spiro atoms. The topological polar surface area (TPSA) is 67.4 Å². The van der Waals surface area contributed by atoms with Gasteiger partial charge in [0, 0.05) is 16.9 Å². The van der Waals surface area contributed by atoms with E-state index in [1.807, 2.05) is 30.3 Å². The Labute approximate surface area is 191 Å². The first-order valence-electron chi connectivity index (χ1n) is 10.1. The molecule has 0 aliphatic carbocycles. The molecule has 5 nitrogen and oxygen atoms in total. The molecule has 3 rings (SSSR count). The molecular formula is C25H25BrN2O3. The van der Waals surface area contributed by atoms with E-state index in [1.165, 1.54) is 0 Å². The van der Waals surface area contributed by atoms with Gasteiger partial charge in [-0.2, -0.15) is 0 Å². The van der Waals surface area contributed by atoms with Crippen molar-refractivity contribution in [3.8, 4) is 5.75 Å². The van der Waals surface area contributed by atoms with Gasteiger partial charge in [0.1, 0.15) is 5.75 Å². The molecule has 0 saturated heterocycles. The summed E-state index contributed by atoms with van der Waals surface area (Å²) < 4.78 is 6.45. The Kier molecular flexibility index (Phi) is 7.84. The third kappa shape index (κ3) is 6.96. The first kappa shape index (κ1) is 22.6. The molecule has 0 bridgehead atoms. The maximum absolute atomic E-state index is 12.7. The highest BCUT2D eigenvalue weighted by molar-refractivity contribution is 9.10. The van der Waals surface area contributed by atoms with Crippen LogP contribution in [-0.4, -0.2) is 18.4 Å². The molecule has 0 radical (unpaired) electrons. The molecule has 6 heteroatoms. The number of benzene rings is 3. The van der Waals surface area contributed by atoms with Crippen molar-refractivity contribution in [1.29, 1.82) is 0 Å². The van der Waals surface area contributed by atoms with Crippen molar-refractivity contribution in [2.75, 3.05) is 17.2 Å². The van der Waals surface area contributed by atoms with Gasteiger partial charge in [0.05, 0.1) is 17.5 Å². The van der Waals surface area contributed by atoms with E-state index in [4.69, 9.17) is 4.74 Å². The highest BCUT2D eigenvalue weighted by atomic mass is 79.9. The maximum Gasteiger partial charge on any atom is 0.255 e. The lowest BCUT2D eigenvalue weighted by Gasteiger charge is -2.12. The van der Waals surface area contributed by atoms with Gasteiger partial charge in [-0.05, 0) is 63.8 Å². The Hall–Kier alpha value is -3.12. The molecule has 31 heavy (non-hydrogen) atoms. The zero-order chi connectivity index (χ0) is 22.2. The lowest BCUT2D eigenvalue weighted by atomic mass is 10.1. The van der Waals surface area contributed by atoms with Crippen LogP contribution in [-0.2, 0) is 11.2 Å². The number of hydrogen-bond acceptors (Lipinski definition) is 3. The number of carbonyl (C=O) groups is 2. The Bertz CT molecular complexity index is 1050. The Morgan fingerprint density at radius 1 is 0.903 bits per heavy atom. The number of rotatable bonds is 8. The summed E-state index contributed by atoms with van der Waals surface area (Å²) in [7, 11) is 0. The fourth-order valence-corrected chi connectivity index (χ4v) is 3.37. The molecule has 0 unspecified atom stereocenters. The summed E-state index contributed by atoms with van der Waals surface area (Å²) in [6.45, 7) is 4.76. The predicted molar refractivity (Wildman–Crippen MR) is 128 cm³/mol. The van der Waals surface area contributed by atoms with Gasteiger partial charge in [-0.25, -0.2) is 0 Å².